The van der Waals surface area contributed by atoms with E-state index in [1.807, 2.05) is 12.3 Å². The summed E-state index contributed by atoms with van der Waals surface area (Å²) in [5.41, 5.74) is 4.27. The molecule has 0 aliphatic heterocycles. The fourth-order valence-corrected chi connectivity index (χ4v) is 3.63. The molecule has 0 aliphatic carbocycles. The van der Waals surface area contributed by atoms with Crippen LogP contribution in [-0.4, -0.2) is 22.4 Å². The Labute approximate surface area is 170 Å². The van der Waals surface area contributed by atoms with Gasteiger partial charge in [-0.2, -0.15) is 0 Å². The van der Waals surface area contributed by atoms with Crippen LogP contribution in [0, 0.1) is 16.0 Å². The van der Waals surface area contributed by atoms with E-state index in [2.05, 4.69) is 43.2 Å². The minimum atomic E-state index is -0.409. The highest BCUT2D eigenvalue weighted by Gasteiger charge is 2.23. The SMILES string of the molecule is CCc1cccc2c(C(CC(=O)NCC(C)C)c3ccc([N+](=O)[O-])cc3)c[nH]c12. The maximum Gasteiger partial charge on any atom is 0.269 e. The lowest BCUT2D eigenvalue weighted by molar-refractivity contribution is -0.384. The van der Waals surface area contributed by atoms with Crippen molar-refractivity contribution in [2.24, 2.45) is 5.92 Å². The Morgan fingerprint density at radius 1 is 1.17 bits per heavy atom. The smallest absolute Gasteiger partial charge is 0.269 e. The average molecular weight is 393 g/mol. The lowest BCUT2D eigenvalue weighted by Gasteiger charge is -2.18. The zero-order valence-corrected chi connectivity index (χ0v) is 17.1. The van der Waals surface area contributed by atoms with Gasteiger partial charge in [-0.3, -0.25) is 14.9 Å². The van der Waals surface area contributed by atoms with E-state index in [1.165, 1.54) is 17.7 Å². The number of carbonyl (C=O) groups excluding carboxylic acids is 1. The number of fused-ring (bicyclic) bond motifs is 1. The van der Waals surface area contributed by atoms with E-state index < -0.39 is 4.92 Å². The zero-order valence-electron chi connectivity index (χ0n) is 17.1. The molecular weight excluding hydrogens is 366 g/mol. The van der Waals surface area contributed by atoms with E-state index in [9.17, 15) is 14.9 Å². The van der Waals surface area contributed by atoms with Crippen molar-refractivity contribution in [3.63, 3.8) is 0 Å². The van der Waals surface area contributed by atoms with E-state index in [4.69, 9.17) is 0 Å². The molecule has 2 N–H and O–H groups in total. The first-order chi connectivity index (χ1) is 13.9. The summed E-state index contributed by atoms with van der Waals surface area (Å²) < 4.78 is 0. The van der Waals surface area contributed by atoms with Crippen LogP contribution in [0.25, 0.3) is 10.9 Å². The number of benzene rings is 2. The second kappa shape index (κ2) is 8.90. The van der Waals surface area contributed by atoms with Crippen molar-refractivity contribution in [2.75, 3.05) is 6.54 Å². The molecule has 6 nitrogen and oxygen atoms in total. The fourth-order valence-electron chi connectivity index (χ4n) is 3.63. The van der Waals surface area contributed by atoms with Gasteiger partial charge in [0.1, 0.15) is 0 Å². The number of H-pyrrole nitrogens is 1. The Kier molecular flexibility index (Phi) is 6.32. The summed E-state index contributed by atoms with van der Waals surface area (Å²) in [7, 11) is 0. The van der Waals surface area contributed by atoms with Crippen molar-refractivity contribution < 1.29 is 9.72 Å². The molecule has 3 rings (SSSR count). The highest BCUT2D eigenvalue weighted by molar-refractivity contribution is 5.88. The first-order valence-corrected chi connectivity index (χ1v) is 10.0. The molecule has 1 aromatic heterocycles. The van der Waals surface area contributed by atoms with Crippen LogP contribution in [0.2, 0.25) is 0 Å². The predicted octanol–water partition coefficient (Wildman–Crippen LogP) is 4.93. The molecule has 3 aromatic rings. The maximum absolute atomic E-state index is 12.6. The standard InChI is InChI=1S/C23H27N3O3/c1-4-16-6-5-7-19-21(14-25-23(16)19)20(12-22(27)24-13-15(2)3)17-8-10-18(11-9-17)26(28)29/h5-11,14-15,20,25H,4,12-13H2,1-3H3,(H,24,27). The van der Waals surface area contributed by atoms with E-state index in [0.29, 0.717) is 12.5 Å². The number of nitro benzene ring substituents is 1. The molecular formula is C23H27N3O3. The third-order valence-electron chi connectivity index (χ3n) is 5.19. The van der Waals surface area contributed by atoms with Gasteiger partial charge in [0.15, 0.2) is 0 Å². The van der Waals surface area contributed by atoms with Crippen molar-refractivity contribution >= 4 is 22.5 Å². The zero-order chi connectivity index (χ0) is 21.0. The van der Waals surface area contributed by atoms with Crippen molar-refractivity contribution in [2.45, 2.75) is 39.5 Å². The molecule has 1 unspecified atom stereocenters. The fraction of sp³-hybridized carbons (Fsp3) is 0.348. The topological polar surface area (TPSA) is 88.0 Å². The van der Waals surface area contributed by atoms with Gasteiger partial charge in [0.05, 0.1) is 4.92 Å². The molecule has 0 bridgehead atoms. The van der Waals surface area contributed by atoms with Gasteiger partial charge < -0.3 is 10.3 Å². The Morgan fingerprint density at radius 3 is 2.52 bits per heavy atom. The highest BCUT2D eigenvalue weighted by atomic mass is 16.6. The number of aromatic nitrogens is 1. The van der Waals surface area contributed by atoms with E-state index in [0.717, 1.165) is 28.5 Å². The maximum atomic E-state index is 12.6. The minimum Gasteiger partial charge on any atom is -0.361 e. The van der Waals surface area contributed by atoms with E-state index >= 15 is 0 Å². The normalized spacial score (nSPS) is 12.3. The van der Waals surface area contributed by atoms with Crippen LogP contribution < -0.4 is 5.32 Å². The predicted molar refractivity (Wildman–Crippen MR) is 115 cm³/mol. The van der Waals surface area contributed by atoms with Crippen LogP contribution in [0.15, 0.2) is 48.7 Å². The highest BCUT2D eigenvalue weighted by Crippen LogP contribution is 2.35. The van der Waals surface area contributed by atoms with Gasteiger partial charge in [0.25, 0.3) is 5.69 Å². The van der Waals surface area contributed by atoms with Gasteiger partial charge in [-0.05, 0) is 29.0 Å². The summed E-state index contributed by atoms with van der Waals surface area (Å²) in [6.07, 6.45) is 3.16. The Balaban J connectivity index is 2.01. The molecule has 0 aliphatic rings. The molecule has 1 heterocycles. The quantitative estimate of drug-likeness (QED) is 0.420. The Bertz CT molecular complexity index is 1010. The number of nitrogens with zero attached hydrogens (tertiary/aromatic N) is 1. The van der Waals surface area contributed by atoms with Crippen LogP contribution in [-0.2, 0) is 11.2 Å². The van der Waals surface area contributed by atoms with E-state index in [1.54, 1.807) is 12.1 Å². The summed E-state index contributed by atoms with van der Waals surface area (Å²) in [5.74, 6) is 0.156. The van der Waals surface area contributed by atoms with Gasteiger partial charge in [0, 0.05) is 48.1 Å². The molecule has 0 saturated carbocycles. The Morgan fingerprint density at radius 2 is 1.90 bits per heavy atom. The summed E-state index contributed by atoms with van der Waals surface area (Å²) in [4.78, 5) is 26.6. The van der Waals surface area contributed by atoms with Crippen molar-refractivity contribution in [3.05, 3.63) is 75.5 Å². The number of aryl methyl sites for hydroxylation is 1. The van der Waals surface area contributed by atoms with E-state index in [-0.39, 0.29) is 23.9 Å². The van der Waals surface area contributed by atoms with Crippen LogP contribution in [0.1, 0.15) is 49.8 Å². The number of hydrogen-bond acceptors (Lipinski definition) is 3. The van der Waals surface area contributed by atoms with Crippen LogP contribution in [0.3, 0.4) is 0 Å². The summed E-state index contributed by atoms with van der Waals surface area (Å²) >= 11 is 0. The second-order valence-corrected chi connectivity index (χ2v) is 7.74. The van der Waals surface area contributed by atoms with Crippen molar-refractivity contribution in [1.29, 1.82) is 0 Å². The first kappa shape index (κ1) is 20.6. The first-order valence-electron chi connectivity index (χ1n) is 10.0. The number of non-ortho nitro benzene ring substituents is 1. The van der Waals surface area contributed by atoms with Crippen molar-refractivity contribution in [1.82, 2.24) is 10.3 Å². The summed E-state index contributed by atoms with van der Waals surface area (Å²) in [5, 5.41) is 15.1. The van der Waals surface area contributed by atoms with Crippen molar-refractivity contribution in [3.8, 4) is 0 Å². The van der Waals surface area contributed by atoms with Gasteiger partial charge in [-0.15, -0.1) is 0 Å². The van der Waals surface area contributed by atoms with Crippen LogP contribution in [0.4, 0.5) is 5.69 Å². The molecule has 2 aromatic carbocycles. The molecule has 0 spiro atoms. The second-order valence-electron chi connectivity index (χ2n) is 7.74. The third-order valence-corrected chi connectivity index (χ3v) is 5.19. The molecule has 0 saturated heterocycles. The molecule has 0 radical (unpaired) electrons. The van der Waals surface area contributed by atoms with Gasteiger partial charge in [-0.1, -0.05) is 51.1 Å². The summed E-state index contributed by atoms with van der Waals surface area (Å²) in [6, 6.07) is 12.7. The molecule has 29 heavy (non-hydrogen) atoms. The number of hydrogen-bond donors (Lipinski definition) is 2. The summed E-state index contributed by atoms with van der Waals surface area (Å²) in [6.45, 7) is 6.85. The molecule has 1 atom stereocenters. The average Bonchev–Trinajstić information content (AvgIpc) is 3.14. The Hall–Kier alpha value is -3.15. The monoisotopic (exact) mass is 393 g/mol. The van der Waals surface area contributed by atoms with Crippen LogP contribution >= 0.6 is 0 Å². The molecule has 0 fully saturated rings. The minimum absolute atomic E-state index is 0.0250. The number of rotatable bonds is 8. The number of amides is 1. The lowest BCUT2D eigenvalue weighted by atomic mass is 9.87. The lowest BCUT2D eigenvalue weighted by Crippen LogP contribution is -2.28. The number of para-hydroxylation sites is 1. The molecule has 6 heteroatoms. The van der Waals surface area contributed by atoms with Gasteiger partial charge in [0.2, 0.25) is 5.91 Å². The third kappa shape index (κ3) is 4.65. The molecule has 1 amide bonds. The number of aromatic amines is 1. The molecule has 152 valence electrons. The van der Waals surface area contributed by atoms with Crippen LogP contribution in [0.5, 0.6) is 0 Å². The number of nitrogens with one attached hydrogen (secondary N) is 2. The number of carbonyl (C=O) groups is 1. The van der Waals surface area contributed by atoms with Gasteiger partial charge >= 0.3 is 0 Å². The number of nitro groups is 1. The van der Waals surface area contributed by atoms with Gasteiger partial charge in [-0.25, -0.2) is 0 Å². The largest absolute Gasteiger partial charge is 0.361 e.